The molecule has 4 heterocycles. The van der Waals surface area contributed by atoms with Gasteiger partial charge < -0.3 is 15.0 Å². The number of amides is 1. The van der Waals surface area contributed by atoms with E-state index in [1.54, 1.807) is 4.68 Å². The number of ether oxygens (including phenoxy) is 1. The molecular weight excluding hydrogens is 468 g/mol. The molecule has 2 aromatic heterocycles. The summed E-state index contributed by atoms with van der Waals surface area (Å²) in [6, 6.07) is 16.1. The van der Waals surface area contributed by atoms with E-state index in [9.17, 15) is 9.59 Å². The third kappa shape index (κ3) is 4.48. The summed E-state index contributed by atoms with van der Waals surface area (Å²) in [5.41, 5.74) is 3.35. The largest absolute Gasteiger partial charge is 0.459 e. The second kappa shape index (κ2) is 8.99. The summed E-state index contributed by atoms with van der Waals surface area (Å²) < 4.78 is 9.07. The minimum atomic E-state index is -0.548. The van der Waals surface area contributed by atoms with E-state index in [-0.39, 0.29) is 30.9 Å². The maximum absolute atomic E-state index is 13.2. The molecule has 6 rings (SSSR count). The summed E-state index contributed by atoms with van der Waals surface area (Å²) in [5.74, 6) is 0.264. The summed E-state index contributed by atoms with van der Waals surface area (Å²) in [5, 5.41) is 15.1. The van der Waals surface area contributed by atoms with Crippen LogP contribution in [0, 0.1) is 0 Å². The van der Waals surface area contributed by atoms with Gasteiger partial charge in [0.15, 0.2) is 0 Å². The molecule has 9 heteroatoms. The maximum Gasteiger partial charge on any atom is 0.328 e. The number of nitrogens with one attached hydrogen (secondary N) is 1. The highest BCUT2D eigenvalue weighted by Gasteiger charge is 2.35. The van der Waals surface area contributed by atoms with Gasteiger partial charge in [-0.25, -0.2) is 0 Å². The zero-order chi connectivity index (χ0) is 25.7. The summed E-state index contributed by atoms with van der Waals surface area (Å²) in [6.07, 6.45) is 0. The van der Waals surface area contributed by atoms with Crippen LogP contribution in [0.1, 0.15) is 44.0 Å². The van der Waals surface area contributed by atoms with Crippen LogP contribution in [-0.2, 0) is 27.4 Å². The average molecular weight is 501 g/mol. The first-order valence-electron chi connectivity index (χ1n) is 12.9. The summed E-state index contributed by atoms with van der Waals surface area (Å²) >= 11 is 0. The maximum atomic E-state index is 13.2. The molecule has 0 atom stereocenters. The SMILES string of the molecule is CC(C)(C)OC(=O)Cn1nc(C2CN(C(=O)Cn3nc(C4CNC4)c4ccccc43)C2)c2ccccc21. The van der Waals surface area contributed by atoms with Crippen LogP contribution >= 0.6 is 0 Å². The molecule has 2 aliphatic heterocycles. The lowest BCUT2D eigenvalue weighted by Gasteiger charge is -2.38. The molecule has 2 fully saturated rings. The van der Waals surface area contributed by atoms with E-state index in [2.05, 4.69) is 11.4 Å². The third-order valence-corrected chi connectivity index (χ3v) is 7.15. The first kappa shape index (κ1) is 23.7. The molecule has 0 radical (unpaired) electrons. The van der Waals surface area contributed by atoms with Crippen molar-refractivity contribution in [2.45, 2.75) is 51.3 Å². The van der Waals surface area contributed by atoms with Gasteiger partial charge in [-0.15, -0.1) is 0 Å². The summed E-state index contributed by atoms with van der Waals surface area (Å²) in [4.78, 5) is 27.5. The Labute approximate surface area is 215 Å². The Morgan fingerprint density at radius 3 is 1.95 bits per heavy atom. The minimum absolute atomic E-state index is 0.0539. The fourth-order valence-corrected chi connectivity index (χ4v) is 5.21. The predicted molar refractivity (Wildman–Crippen MR) is 140 cm³/mol. The van der Waals surface area contributed by atoms with Crippen molar-refractivity contribution in [2.75, 3.05) is 26.2 Å². The highest BCUT2D eigenvalue weighted by atomic mass is 16.6. The van der Waals surface area contributed by atoms with Crippen LogP contribution in [0.15, 0.2) is 48.5 Å². The first-order chi connectivity index (χ1) is 17.8. The van der Waals surface area contributed by atoms with Crippen molar-refractivity contribution in [2.24, 2.45) is 0 Å². The Bertz CT molecular complexity index is 1490. The molecule has 4 aromatic rings. The van der Waals surface area contributed by atoms with Crippen molar-refractivity contribution in [3.63, 3.8) is 0 Å². The molecule has 1 N–H and O–H groups in total. The van der Waals surface area contributed by atoms with Gasteiger partial charge in [0.05, 0.1) is 22.4 Å². The van der Waals surface area contributed by atoms with Crippen molar-refractivity contribution in [1.29, 1.82) is 0 Å². The average Bonchev–Trinajstić information content (AvgIpc) is 3.30. The molecule has 0 spiro atoms. The third-order valence-electron chi connectivity index (χ3n) is 7.15. The number of carbonyl (C=O) groups excluding carboxylic acids is 2. The molecule has 2 saturated heterocycles. The fraction of sp³-hybridized carbons (Fsp3) is 0.429. The molecule has 9 nitrogen and oxygen atoms in total. The topological polar surface area (TPSA) is 94.3 Å². The van der Waals surface area contributed by atoms with Crippen LogP contribution in [0.3, 0.4) is 0 Å². The van der Waals surface area contributed by atoms with E-state index in [0.29, 0.717) is 19.0 Å². The smallest absolute Gasteiger partial charge is 0.328 e. The Morgan fingerprint density at radius 1 is 0.865 bits per heavy atom. The number of hydrogen-bond acceptors (Lipinski definition) is 6. The quantitative estimate of drug-likeness (QED) is 0.409. The normalized spacial score (nSPS) is 16.7. The van der Waals surface area contributed by atoms with Gasteiger partial charge in [0.1, 0.15) is 18.7 Å². The van der Waals surface area contributed by atoms with Crippen molar-refractivity contribution in [3.05, 3.63) is 59.9 Å². The number of benzene rings is 2. The van der Waals surface area contributed by atoms with Gasteiger partial charge in [-0.3, -0.25) is 19.0 Å². The number of carbonyl (C=O) groups is 2. The Kier molecular flexibility index (Phi) is 5.75. The molecule has 2 aromatic carbocycles. The molecule has 0 unspecified atom stereocenters. The van der Waals surface area contributed by atoms with Gasteiger partial charge in [-0.1, -0.05) is 36.4 Å². The number of nitrogens with zero attached hydrogens (tertiary/aromatic N) is 5. The van der Waals surface area contributed by atoms with Crippen LogP contribution in [0.5, 0.6) is 0 Å². The van der Waals surface area contributed by atoms with Crippen LogP contribution in [0.2, 0.25) is 0 Å². The zero-order valence-electron chi connectivity index (χ0n) is 21.5. The highest BCUT2D eigenvalue weighted by molar-refractivity contribution is 5.86. The molecule has 192 valence electrons. The molecule has 0 saturated carbocycles. The second-order valence-electron chi connectivity index (χ2n) is 11.1. The monoisotopic (exact) mass is 500 g/mol. The van der Waals surface area contributed by atoms with Gasteiger partial charge in [-0.05, 0) is 32.9 Å². The van der Waals surface area contributed by atoms with Gasteiger partial charge in [0.2, 0.25) is 5.91 Å². The van der Waals surface area contributed by atoms with E-state index in [1.807, 2.05) is 72.8 Å². The molecule has 2 aliphatic rings. The van der Waals surface area contributed by atoms with Gasteiger partial charge >= 0.3 is 5.97 Å². The Hall–Kier alpha value is -3.72. The molecule has 37 heavy (non-hydrogen) atoms. The zero-order valence-corrected chi connectivity index (χ0v) is 21.5. The standard InChI is InChI=1S/C28H32N6O3/c1-28(2,3)37-25(36)17-34-23-11-7-5-9-21(23)27(31-34)19-14-32(15-19)24(35)16-33-22-10-6-4-8-20(22)26(30-33)18-12-29-13-18/h4-11,18-19,29H,12-17H2,1-3H3. The summed E-state index contributed by atoms with van der Waals surface area (Å²) in [6.45, 7) is 8.91. The number of likely N-dealkylation sites (tertiary alicyclic amines) is 1. The number of esters is 1. The lowest BCUT2D eigenvalue weighted by Crippen LogP contribution is -2.50. The van der Waals surface area contributed by atoms with Crippen LogP contribution in [0.25, 0.3) is 21.8 Å². The fourth-order valence-electron chi connectivity index (χ4n) is 5.21. The van der Waals surface area contributed by atoms with Gasteiger partial charge in [0.25, 0.3) is 0 Å². The number of rotatable bonds is 6. The van der Waals surface area contributed by atoms with Crippen molar-refractivity contribution < 1.29 is 14.3 Å². The van der Waals surface area contributed by atoms with Crippen LogP contribution < -0.4 is 5.32 Å². The highest BCUT2D eigenvalue weighted by Crippen LogP contribution is 2.33. The molecule has 1 amide bonds. The lowest BCUT2D eigenvalue weighted by atomic mass is 9.94. The molecule has 0 aliphatic carbocycles. The van der Waals surface area contributed by atoms with Gasteiger partial charge in [0, 0.05) is 48.8 Å². The Balaban J connectivity index is 1.16. The number of para-hydroxylation sites is 2. The number of hydrogen-bond donors (Lipinski definition) is 1. The van der Waals surface area contributed by atoms with Crippen molar-refractivity contribution >= 4 is 33.7 Å². The molecular formula is C28H32N6O3. The lowest BCUT2D eigenvalue weighted by molar-refractivity contribution is -0.155. The second-order valence-corrected chi connectivity index (χ2v) is 11.1. The predicted octanol–water partition coefficient (Wildman–Crippen LogP) is 3.04. The minimum Gasteiger partial charge on any atom is -0.459 e. The Morgan fingerprint density at radius 2 is 1.41 bits per heavy atom. The van der Waals surface area contributed by atoms with Crippen molar-refractivity contribution in [1.82, 2.24) is 29.8 Å². The van der Waals surface area contributed by atoms with E-state index in [1.165, 1.54) is 0 Å². The van der Waals surface area contributed by atoms with E-state index in [4.69, 9.17) is 14.9 Å². The van der Waals surface area contributed by atoms with Crippen LogP contribution in [-0.4, -0.2) is 68.1 Å². The first-order valence-corrected chi connectivity index (χ1v) is 12.9. The van der Waals surface area contributed by atoms with E-state index >= 15 is 0 Å². The molecule has 0 bridgehead atoms. The number of fused-ring (bicyclic) bond motifs is 2. The number of aromatic nitrogens is 4. The summed E-state index contributed by atoms with van der Waals surface area (Å²) in [7, 11) is 0. The van der Waals surface area contributed by atoms with Gasteiger partial charge in [-0.2, -0.15) is 10.2 Å². The van der Waals surface area contributed by atoms with Crippen LogP contribution in [0.4, 0.5) is 0 Å². The van der Waals surface area contributed by atoms with Crippen molar-refractivity contribution in [3.8, 4) is 0 Å². The van der Waals surface area contributed by atoms with E-state index in [0.717, 1.165) is 46.3 Å². The van der Waals surface area contributed by atoms with E-state index < -0.39 is 5.60 Å².